The molecule has 2 saturated heterocycles. The molecule has 4 heterocycles. The first-order valence-electron chi connectivity index (χ1n) is 12.5. The van der Waals surface area contributed by atoms with Crippen LogP contribution < -0.4 is 0 Å². The average molecular weight is 497 g/mol. The Labute approximate surface area is 210 Å². The van der Waals surface area contributed by atoms with Crippen molar-refractivity contribution in [2.24, 2.45) is 11.8 Å². The molecule has 0 aliphatic carbocycles. The van der Waals surface area contributed by atoms with E-state index in [1.165, 1.54) is 11.8 Å². The van der Waals surface area contributed by atoms with Crippen LogP contribution in [0.4, 0.5) is 0 Å². The van der Waals surface area contributed by atoms with E-state index in [2.05, 4.69) is 6.92 Å². The molecule has 5 rings (SSSR count). The van der Waals surface area contributed by atoms with Gasteiger partial charge in [0.1, 0.15) is 12.6 Å². The van der Waals surface area contributed by atoms with Gasteiger partial charge in [0.05, 0.1) is 29.2 Å². The van der Waals surface area contributed by atoms with Crippen LogP contribution in [0.3, 0.4) is 0 Å². The maximum atomic E-state index is 14.2. The summed E-state index contributed by atoms with van der Waals surface area (Å²) in [7, 11) is 0. The summed E-state index contributed by atoms with van der Waals surface area (Å²) in [5, 5.41) is 10.2. The number of hydrogen-bond acceptors (Lipinski definition) is 6. The van der Waals surface area contributed by atoms with Gasteiger partial charge < -0.3 is 19.6 Å². The summed E-state index contributed by atoms with van der Waals surface area (Å²) in [6.07, 6.45) is 10.0. The SMILES string of the molecule is CCCCN1CC=C[C@]23S[C@H]4C=CCOC(=O)[C@H]4[C@H]2C(=O)N([C@@H](CO)Cc2ccccc2)C3C1=O. The van der Waals surface area contributed by atoms with Crippen LogP contribution in [0.5, 0.6) is 0 Å². The van der Waals surface area contributed by atoms with Crippen molar-refractivity contribution in [3.63, 3.8) is 0 Å². The van der Waals surface area contributed by atoms with Gasteiger partial charge in [-0.25, -0.2) is 0 Å². The number of carbonyl (C=O) groups is 3. The molecule has 186 valence electrons. The number of fused-ring (bicyclic) bond motifs is 2. The highest BCUT2D eigenvalue weighted by molar-refractivity contribution is 8.02. The Morgan fingerprint density at radius 1 is 1.17 bits per heavy atom. The molecule has 1 aromatic rings. The van der Waals surface area contributed by atoms with E-state index in [1.54, 1.807) is 4.90 Å². The molecule has 0 bridgehead atoms. The maximum absolute atomic E-state index is 14.2. The minimum Gasteiger partial charge on any atom is -0.461 e. The van der Waals surface area contributed by atoms with Crippen molar-refractivity contribution in [2.45, 2.75) is 48.3 Å². The molecule has 4 aliphatic heterocycles. The fourth-order valence-electron chi connectivity index (χ4n) is 6.04. The molecule has 1 aromatic carbocycles. The van der Waals surface area contributed by atoms with Gasteiger partial charge in [0, 0.05) is 18.3 Å². The van der Waals surface area contributed by atoms with Crippen molar-refractivity contribution in [1.29, 1.82) is 0 Å². The third-order valence-corrected chi connectivity index (χ3v) is 9.38. The second-order valence-corrected chi connectivity index (χ2v) is 11.2. The van der Waals surface area contributed by atoms with Gasteiger partial charge in [-0.15, -0.1) is 11.8 Å². The molecule has 4 aliphatic rings. The zero-order valence-corrected chi connectivity index (χ0v) is 20.7. The van der Waals surface area contributed by atoms with Crippen LogP contribution in [0.1, 0.15) is 25.3 Å². The Bertz CT molecular complexity index is 1040. The molecule has 2 amide bonds. The maximum Gasteiger partial charge on any atom is 0.311 e. The van der Waals surface area contributed by atoms with Crippen molar-refractivity contribution in [3.8, 4) is 0 Å². The monoisotopic (exact) mass is 496 g/mol. The smallest absolute Gasteiger partial charge is 0.311 e. The minimum atomic E-state index is -0.880. The number of cyclic esters (lactones) is 1. The molecule has 8 heteroatoms. The van der Waals surface area contributed by atoms with E-state index in [0.29, 0.717) is 19.5 Å². The number of amides is 2. The number of aliphatic hydroxyl groups excluding tert-OH is 1. The van der Waals surface area contributed by atoms with Crippen molar-refractivity contribution in [2.75, 3.05) is 26.3 Å². The van der Waals surface area contributed by atoms with Gasteiger partial charge in [-0.05, 0) is 18.4 Å². The number of hydrogen-bond donors (Lipinski definition) is 1. The summed E-state index contributed by atoms with van der Waals surface area (Å²) in [4.78, 5) is 44.8. The number of nitrogens with zero attached hydrogens (tertiary/aromatic N) is 2. The Morgan fingerprint density at radius 2 is 1.97 bits per heavy atom. The zero-order chi connectivity index (χ0) is 24.6. The van der Waals surface area contributed by atoms with Crippen molar-refractivity contribution >= 4 is 29.5 Å². The summed E-state index contributed by atoms with van der Waals surface area (Å²) in [5.74, 6) is -2.11. The average Bonchev–Trinajstić information content (AvgIpc) is 3.17. The fraction of sp³-hybridized carbons (Fsp3) is 0.519. The van der Waals surface area contributed by atoms with Gasteiger partial charge in [-0.2, -0.15) is 0 Å². The Balaban J connectivity index is 1.59. The molecule has 0 saturated carbocycles. The second kappa shape index (κ2) is 9.82. The van der Waals surface area contributed by atoms with Gasteiger partial charge >= 0.3 is 5.97 Å². The van der Waals surface area contributed by atoms with Crippen LogP contribution in [0.25, 0.3) is 0 Å². The summed E-state index contributed by atoms with van der Waals surface area (Å²) in [5.41, 5.74) is 0.979. The molecule has 1 spiro atoms. The molecule has 6 atom stereocenters. The van der Waals surface area contributed by atoms with E-state index in [-0.39, 0.29) is 36.2 Å². The normalized spacial score (nSPS) is 32.6. The predicted octanol–water partition coefficient (Wildman–Crippen LogP) is 2.20. The lowest BCUT2D eigenvalue weighted by molar-refractivity contribution is -0.152. The molecular weight excluding hydrogens is 464 g/mol. The van der Waals surface area contributed by atoms with Crippen LogP contribution in [-0.4, -0.2) is 81.1 Å². The van der Waals surface area contributed by atoms with E-state index in [9.17, 15) is 19.5 Å². The van der Waals surface area contributed by atoms with E-state index in [0.717, 1.165) is 18.4 Å². The van der Waals surface area contributed by atoms with Crippen LogP contribution in [0.15, 0.2) is 54.6 Å². The van der Waals surface area contributed by atoms with Crippen molar-refractivity contribution in [3.05, 3.63) is 60.2 Å². The van der Waals surface area contributed by atoms with Crippen LogP contribution >= 0.6 is 11.8 Å². The number of carbonyl (C=O) groups excluding carboxylic acids is 3. The standard InChI is InChI=1S/C27H32N2O5S/c1-2-3-13-28-14-8-12-27-22(21-20(35-27)11-7-15-34-26(21)33)24(31)29(23(27)25(28)32)19(17-30)16-18-9-5-4-6-10-18/h4-12,19-23,30H,2-3,13-17H2,1H3/t19-,20+,21-,22+,23?,27+/m1/s1. The molecule has 0 radical (unpaired) electrons. The number of unbranched alkanes of at least 4 members (excludes halogenated alkanes) is 1. The number of benzene rings is 1. The number of ether oxygens (including phenoxy) is 1. The second-order valence-electron chi connectivity index (χ2n) is 9.71. The highest BCUT2D eigenvalue weighted by Crippen LogP contribution is 2.61. The molecular formula is C27H32N2O5S. The number of rotatable bonds is 7. The summed E-state index contributed by atoms with van der Waals surface area (Å²) < 4.78 is 4.54. The molecule has 1 N–H and O–H groups in total. The highest BCUT2D eigenvalue weighted by Gasteiger charge is 2.71. The third-order valence-electron chi connectivity index (χ3n) is 7.63. The van der Waals surface area contributed by atoms with E-state index < -0.39 is 28.7 Å². The number of thioether (sulfide) groups is 1. The first kappa shape index (κ1) is 24.1. The molecule has 2 fully saturated rings. The Hall–Kier alpha value is -2.58. The van der Waals surface area contributed by atoms with E-state index in [1.807, 2.05) is 59.5 Å². The highest BCUT2D eigenvalue weighted by atomic mass is 32.2. The van der Waals surface area contributed by atoms with Crippen LogP contribution in [-0.2, 0) is 25.5 Å². The molecule has 0 aromatic heterocycles. The van der Waals surface area contributed by atoms with Gasteiger partial charge in [-0.3, -0.25) is 14.4 Å². The minimum absolute atomic E-state index is 0.105. The zero-order valence-electron chi connectivity index (χ0n) is 19.9. The predicted molar refractivity (Wildman–Crippen MR) is 133 cm³/mol. The van der Waals surface area contributed by atoms with Crippen molar-refractivity contribution in [1.82, 2.24) is 9.80 Å². The molecule has 7 nitrogen and oxygen atoms in total. The lowest BCUT2D eigenvalue weighted by atomic mass is 9.78. The van der Waals surface area contributed by atoms with Crippen molar-refractivity contribution < 1.29 is 24.2 Å². The fourth-order valence-corrected chi connectivity index (χ4v) is 8.02. The summed E-state index contributed by atoms with van der Waals surface area (Å²) >= 11 is 1.53. The summed E-state index contributed by atoms with van der Waals surface area (Å²) in [6.45, 7) is 3.10. The summed E-state index contributed by atoms with van der Waals surface area (Å²) in [6, 6.07) is 8.33. The molecule has 1 unspecified atom stereocenters. The first-order valence-corrected chi connectivity index (χ1v) is 13.3. The lowest BCUT2D eigenvalue weighted by Gasteiger charge is -2.38. The number of likely N-dealkylation sites (tertiary alicyclic amines) is 1. The van der Waals surface area contributed by atoms with Gasteiger partial charge in [-0.1, -0.05) is 68.0 Å². The topological polar surface area (TPSA) is 87.2 Å². The number of aliphatic hydroxyl groups is 1. The van der Waals surface area contributed by atoms with Crippen LogP contribution in [0.2, 0.25) is 0 Å². The van der Waals surface area contributed by atoms with E-state index in [4.69, 9.17) is 4.74 Å². The lowest BCUT2D eigenvalue weighted by Crippen LogP contribution is -2.57. The largest absolute Gasteiger partial charge is 0.461 e. The Kier molecular flexibility index (Phi) is 6.77. The quantitative estimate of drug-likeness (QED) is 0.460. The van der Waals surface area contributed by atoms with Gasteiger partial charge in [0.2, 0.25) is 11.8 Å². The first-order chi connectivity index (χ1) is 17.0. The third kappa shape index (κ3) is 4.00. The number of esters is 1. The van der Waals surface area contributed by atoms with Crippen LogP contribution in [0, 0.1) is 11.8 Å². The van der Waals surface area contributed by atoms with Gasteiger partial charge in [0.15, 0.2) is 0 Å². The molecule has 35 heavy (non-hydrogen) atoms. The Morgan fingerprint density at radius 3 is 2.71 bits per heavy atom. The van der Waals surface area contributed by atoms with E-state index >= 15 is 0 Å². The van der Waals surface area contributed by atoms with Gasteiger partial charge in [0.25, 0.3) is 0 Å².